The fourth-order valence-electron chi connectivity index (χ4n) is 3.26. The minimum Gasteiger partial charge on any atom is -0.465 e. The quantitative estimate of drug-likeness (QED) is 0.391. The molecule has 148 valence electrons. The number of carbonyl (C=O) groups excluding carboxylic acids is 1. The molecule has 0 spiro atoms. The topological polar surface area (TPSA) is 55.6 Å². The van der Waals surface area contributed by atoms with Gasteiger partial charge < -0.3 is 14.1 Å². The maximum absolute atomic E-state index is 11.9. The van der Waals surface area contributed by atoms with Gasteiger partial charge in [0, 0.05) is 35.0 Å². The van der Waals surface area contributed by atoms with Gasteiger partial charge in [0.05, 0.1) is 23.9 Å². The van der Waals surface area contributed by atoms with Crippen molar-refractivity contribution in [2.75, 3.05) is 19.1 Å². The Morgan fingerprint density at radius 1 is 1.10 bits per heavy atom. The van der Waals surface area contributed by atoms with Crippen LogP contribution in [0.3, 0.4) is 0 Å². The Balaban J connectivity index is 1.94. The highest BCUT2D eigenvalue weighted by Gasteiger charge is 2.19. The van der Waals surface area contributed by atoms with Crippen LogP contribution in [0, 0.1) is 0 Å². The predicted octanol–water partition coefficient (Wildman–Crippen LogP) is 5.93. The SMILES string of the molecule is COC(=O)c1ccc2nc(-c3cc4ccc(Cl)cc4o3)c(N(C)C(C)C)cc2c1. The second kappa shape index (κ2) is 7.41. The van der Waals surface area contributed by atoms with Crippen molar-refractivity contribution in [2.45, 2.75) is 19.9 Å². The van der Waals surface area contributed by atoms with Crippen LogP contribution in [0.2, 0.25) is 5.02 Å². The molecule has 0 bridgehead atoms. The molecule has 0 atom stereocenters. The van der Waals surface area contributed by atoms with Crippen LogP contribution in [0.1, 0.15) is 24.2 Å². The van der Waals surface area contributed by atoms with E-state index in [2.05, 4.69) is 18.7 Å². The van der Waals surface area contributed by atoms with E-state index in [0.29, 0.717) is 21.9 Å². The van der Waals surface area contributed by atoms with E-state index in [0.717, 1.165) is 27.7 Å². The Labute approximate surface area is 173 Å². The molecule has 6 heteroatoms. The molecule has 0 aliphatic carbocycles. The lowest BCUT2D eigenvalue weighted by Crippen LogP contribution is -2.26. The van der Waals surface area contributed by atoms with Crippen LogP contribution >= 0.6 is 11.6 Å². The second-order valence-electron chi connectivity index (χ2n) is 7.25. The van der Waals surface area contributed by atoms with Gasteiger partial charge in [0.15, 0.2) is 5.76 Å². The smallest absolute Gasteiger partial charge is 0.337 e. The second-order valence-corrected chi connectivity index (χ2v) is 7.69. The fraction of sp³-hybridized carbons (Fsp3) is 0.217. The lowest BCUT2D eigenvalue weighted by Gasteiger charge is -2.25. The molecule has 0 N–H and O–H groups in total. The van der Waals surface area contributed by atoms with Gasteiger partial charge in [-0.25, -0.2) is 9.78 Å². The summed E-state index contributed by atoms with van der Waals surface area (Å²) < 4.78 is 10.9. The van der Waals surface area contributed by atoms with Crippen molar-refractivity contribution >= 4 is 45.1 Å². The molecule has 0 saturated heterocycles. The lowest BCUT2D eigenvalue weighted by molar-refractivity contribution is 0.0601. The number of fused-ring (bicyclic) bond motifs is 2. The number of pyridine rings is 1. The van der Waals surface area contributed by atoms with Gasteiger partial charge in [0.2, 0.25) is 0 Å². The lowest BCUT2D eigenvalue weighted by atomic mass is 10.1. The van der Waals surface area contributed by atoms with Gasteiger partial charge in [-0.2, -0.15) is 0 Å². The minimum atomic E-state index is -0.371. The zero-order chi connectivity index (χ0) is 20.7. The highest BCUT2D eigenvalue weighted by Crippen LogP contribution is 2.36. The molecule has 5 nitrogen and oxygen atoms in total. The Bertz CT molecular complexity index is 1230. The number of methoxy groups -OCH3 is 1. The maximum Gasteiger partial charge on any atom is 0.337 e. The summed E-state index contributed by atoms with van der Waals surface area (Å²) in [7, 11) is 3.39. The Kier molecular flexibility index (Phi) is 4.92. The van der Waals surface area contributed by atoms with Gasteiger partial charge in [-0.3, -0.25) is 0 Å². The largest absolute Gasteiger partial charge is 0.465 e. The molecule has 2 heterocycles. The van der Waals surface area contributed by atoms with Crippen molar-refractivity contribution in [1.29, 1.82) is 0 Å². The number of ether oxygens (including phenoxy) is 1. The van der Waals surface area contributed by atoms with E-state index in [9.17, 15) is 4.79 Å². The summed E-state index contributed by atoms with van der Waals surface area (Å²) in [5, 5.41) is 2.45. The van der Waals surface area contributed by atoms with Gasteiger partial charge in [0.25, 0.3) is 0 Å². The normalized spacial score (nSPS) is 11.4. The van der Waals surface area contributed by atoms with Gasteiger partial charge in [-0.05, 0) is 56.3 Å². The molecule has 29 heavy (non-hydrogen) atoms. The Hall–Kier alpha value is -3.05. The summed E-state index contributed by atoms with van der Waals surface area (Å²) in [6.45, 7) is 4.22. The third-order valence-electron chi connectivity index (χ3n) is 5.09. The third kappa shape index (κ3) is 3.54. The van der Waals surface area contributed by atoms with E-state index < -0.39 is 0 Å². The van der Waals surface area contributed by atoms with Crippen LogP contribution < -0.4 is 4.90 Å². The molecule has 0 aliphatic heterocycles. The van der Waals surface area contributed by atoms with Gasteiger partial charge in [-0.15, -0.1) is 0 Å². The summed E-state index contributed by atoms with van der Waals surface area (Å²) in [6.07, 6.45) is 0. The van der Waals surface area contributed by atoms with E-state index >= 15 is 0 Å². The molecule has 0 radical (unpaired) electrons. The molecule has 0 aliphatic rings. The number of anilines is 1. The van der Waals surface area contributed by atoms with E-state index in [1.165, 1.54) is 7.11 Å². The molecular formula is C23H21ClN2O3. The summed E-state index contributed by atoms with van der Waals surface area (Å²) in [5.74, 6) is 0.299. The first-order chi connectivity index (χ1) is 13.9. The molecule has 0 saturated carbocycles. The van der Waals surface area contributed by atoms with E-state index in [1.54, 1.807) is 18.2 Å². The van der Waals surface area contributed by atoms with Crippen LogP contribution in [0.5, 0.6) is 0 Å². The van der Waals surface area contributed by atoms with Crippen molar-refractivity contribution in [1.82, 2.24) is 4.98 Å². The number of hydrogen-bond donors (Lipinski definition) is 0. The zero-order valence-electron chi connectivity index (χ0n) is 16.7. The number of aromatic nitrogens is 1. The van der Waals surface area contributed by atoms with Crippen LogP contribution in [-0.2, 0) is 4.74 Å². The molecule has 0 unspecified atom stereocenters. The van der Waals surface area contributed by atoms with Crippen molar-refractivity contribution in [3.8, 4) is 11.5 Å². The standard InChI is InChI=1S/C23H21ClN2O3/c1-13(2)26(3)19-10-16-9-15(23(27)28-4)6-8-18(16)25-22(19)21-11-14-5-7-17(24)12-20(14)29-21/h5-13H,1-4H3. The molecule has 0 amide bonds. The molecule has 0 fully saturated rings. The van der Waals surface area contributed by atoms with Crippen molar-refractivity contribution in [3.05, 3.63) is 59.1 Å². The van der Waals surface area contributed by atoms with E-state index in [-0.39, 0.29) is 12.0 Å². The molecule has 2 aromatic carbocycles. The summed E-state index contributed by atoms with van der Waals surface area (Å²) in [6, 6.07) is 15.2. The maximum atomic E-state index is 11.9. The average Bonchev–Trinajstić information content (AvgIpc) is 3.14. The van der Waals surface area contributed by atoms with E-state index in [4.69, 9.17) is 25.7 Å². The number of rotatable bonds is 4. The number of furan rings is 1. The van der Waals surface area contributed by atoms with Crippen LogP contribution in [0.4, 0.5) is 5.69 Å². The number of nitrogens with zero attached hydrogens (tertiary/aromatic N) is 2. The number of esters is 1. The van der Waals surface area contributed by atoms with Crippen LogP contribution in [0.25, 0.3) is 33.3 Å². The minimum absolute atomic E-state index is 0.246. The first-order valence-corrected chi connectivity index (χ1v) is 9.70. The fourth-order valence-corrected chi connectivity index (χ4v) is 3.42. The van der Waals surface area contributed by atoms with E-state index in [1.807, 2.05) is 37.4 Å². The van der Waals surface area contributed by atoms with Gasteiger partial charge >= 0.3 is 5.97 Å². The Morgan fingerprint density at radius 2 is 1.90 bits per heavy atom. The zero-order valence-corrected chi connectivity index (χ0v) is 17.4. The third-order valence-corrected chi connectivity index (χ3v) is 5.32. The van der Waals surface area contributed by atoms with Crippen molar-refractivity contribution in [2.24, 2.45) is 0 Å². The first-order valence-electron chi connectivity index (χ1n) is 9.33. The number of carbonyl (C=O) groups is 1. The number of hydrogen-bond acceptors (Lipinski definition) is 5. The summed E-state index contributed by atoms with van der Waals surface area (Å²) >= 11 is 6.11. The summed E-state index contributed by atoms with van der Waals surface area (Å²) in [4.78, 5) is 18.9. The van der Waals surface area contributed by atoms with Gasteiger partial charge in [-0.1, -0.05) is 11.6 Å². The number of benzene rings is 2. The summed E-state index contributed by atoms with van der Waals surface area (Å²) in [5.41, 5.74) is 3.64. The first kappa shape index (κ1) is 19.3. The predicted molar refractivity (Wildman–Crippen MR) is 117 cm³/mol. The number of halogens is 1. The van der Waals surface area contributed by atoms with Crippen molar-refractivity contribution < 1.29 is 13.9 Å². The van der Waals surface area contributed by atoms with Gasteiger partial charge in [0.1, 0.15) is 11.3 Å². The Morgan fingerprint density at radius 3 is 2.62 bits per heavy atom. The highest BCUT2D eigenvalue weighted by atomic mass is 35.5. The molecular weight excluding hydrogens is 388 g/mol. The molecule has 4 rings (SSSR count). The molecule has 2 aromatic heterocycles. The van der Waals surface area contributed by atoms with Crippen molar-refractivity contribution in [3.63, 3.8) is 0 Å². The monoisotopic (exact) mass is 408 g/mol. The van der Waals surface area contributed by atoms with Crippen LogP contribution in [-0.4, -0.2) is 31.2 Å². The molecule has 4 aromatic rings. The van der Waals surface area contributed by atoms with Crippen LogP contribution in [0.15, 0.2) is 52.9 Å². The highest BCUT2D eigenvalue weighted by molar-refractivity contribution is 6.31. The average molecular weight is 409 g/mol.